The van der Waals surface area contributed by atoms with E-state index in [-0.39, 0.29) is 12.0 Å². The molecule has 1 amide bonds. The minimum Gasteiger partial charge on any atom is -0.343 e. The lowest BCUT2D eigenvalue weighted by Gasteiger charge is -2.29. The summed E-state index contributed by atoms with van der Waals surface area (Å²) < 4.78 is 0. The van der Waals surface area contributed by atoms with Crippen LogP contribution in [0.15, 0.2) is 30.3 Å². The minimum absolute atomic E-state index is 0.145. The number of benzene rings is 1. The zero-order valence-corrected chi connectivity index (χ0v) is 13.9. The van der Waals surface area contributed by atoms with Crippen LogP contribution in [0.3, 0.4) is 0 Å². The van der Waals surface area contributed by atoms with Crippen molar-refractivity contribution >= 4 is 5.91 Å². The maximum atomic E-state index is 12.5. The molecule has 1 aliphatic heterocycles. The molecule has 2 rings (SSSR count). The Balaban J connectivity index is 2.02. The maximum Gasteiger partial charge on any atom is 0.225 e. The Kier molecular flexibility index (Phi) is 5.98. The first-order valence-corrected chi connectivity index (χ1v) is 8.13. The third-order valence-electron chi connectivity index (χ3n) is 3.65. The first-order valence-electron chi connectivity index (χ1n) is 8.13. The summed E-state index contributed by atoms with van der Waals surface area (Å²) in [5.74, 6) is 0.145. The molecule has 1 unspecified atom stereocenters. The van der Waals surface area contributed by atoms with Gasteiger partial charge in [-0.05, 0) is 45.6 Å². The third kappa shape index (κ3) is 5.43. The number of piperidine rings is 1. The second-order valence-electron chi connectivity index (χ2n) is 6.84. The van der Waals surface area contributed by atoms with Crippen molar-refractivity contribution in [1.82, 2.24) is 4.90 Å². The normalized spacial score (nSPS) is 17.3. The summed E-state index contributed by atoms with van der Waals surface area (Å²) in [6, 6.07) is 9.81. The summed E-state index contributed by atoms with van der Waals surface area (Å²) in [4.78, 5) is 25.5. The van der Waals surface area contributed by atoms with Gasteiger partial charge >= 0.3 is 0 Å². The van der Waals surface area contributed by atoms with Gasteiger partial charge in [-0.1, -0.05) is 30.3 Å². The van der Waals surface area contributed by atoms with E-state index >= 15 is 0 Å². The first kappa shape index (κ1) is 17.0. The molecular formula is C18H27NO3. The number of hydrogen-bond donors (Lipinski definition) is 0. The van der Waals surface area contributed by atoms with E-state index in [2.05, 4.69) is 0 Å². The van der Waals surface area contributed by atoms with Crippen LogP contribution in [0.4, 0.5) is 0 Å². The predicted octanol–water partition coefficient (Wildman–Crippen LogP) is 3.88. The van der Waals surface area contributed by atoms with E-state index in [4.69, 9.17) is 9.78 Å². The van der Waals surface area contributed by atoms with Crippen LogP contribution in [0, 0.1) is 0 Å². The van der Waals surface area contributed by atoms with Gasteiger partial charge in [0.25, 0.3) is 0 Å². The van der Waals surface area contributed by atoms with E-state index in [0.29, 0.717) is 6.42 Å². The number of nitrogens with zero attached hydrogens (tertiary/aromatic N) is 1. The second-order valence-corrected chi connectivity index (χ2v) is 6.84. The van der Waals surface area contributed by atoms with Crippen molar-refractivity contribution in [3.8, 4) is 0 Å². The molecule has 0 bridgehead atoms. The SMILES string of the molecule is CC(C)(C)OOC(CC(=O)N1CCCCC1)c1ccccc1. The van der Waals surface area contributed by atoms with Crippen molar-refractivity contribution in [1.29, 1.82) is 0 Å². The van der Waals surface area contributed by atoms with Crippen molar-refractivity contribution in [3.05, 3.63) is 35.9 Å². The fourth-order valence-corrected chi connectivity index (χ4v) is 2.51. The molecule has 1 atom stereocenters. The molecule has 0 radical (unpaired) electrons. The number of hydrogen-bond acceptors (Lipinski definition) is 3. The highest BCUT2D eigenvalue weighted by molar-refractivity contribution is 5.77. The zero-order chi connectivity index (χ0) is 16.0. The van der Waals surface area contributed by atoms with E-state index in [1.165, 1.54) is 6.42 Å². The van der Waals surface area contributed by atoms with Crippen LogP contribution in [0.1, 0.15) is 58.1 Å². The Hall–Kier alpha value is -1.39. The molecule has 22 heavy (non-hydrogen) atoms. The predicted molar refractivity (Wildman–Crippen MR) is 86.2 cm³/mol. The van der Waals surface area contributed by atoms with Crippen LogP contribution >= 0.6 is 0 Å². The van der Waals surface area contributed by atoms with Gasteiger partial charge < -0.3 is 4.90 Å². The fourth-order valence-electron chi connectivity index (χ4n) is 2.51. The number of carbonyl (C=O) groups excluding carboxylic acids is 1. The molecule has 1 aromatic carbocycles. The first-order chi connectivity index (χ1) is 10.5. The van der Waals surface area contributed by atoms with Gasteiger partial charge in [0.2, 0.25) is 5.91 Å². The lowest BCUT2D eigenvalue weighted by atomic mass is 10.0. The Morgan fingerprint density at radius 1 is 1.14 bits per heavy atom. The molecule has 1 saturated heterocycles. The zero-order valence-electron chi connectivity index (χ0n) is 13.9. The van der Waals surface area contributed by atoms with Crippen LogP contribution in [0.5, 0.6) is 0 Å². The summed E-state index contributed by atoms with van der Waals surface area (Å²) >= 11 is 0. The molecule has 1 heterocycles. The van der Waals surface area contributed by atoms with Crippen LogP contribution < -0.4 is 0 Å². The van der Waals surface area contributed by atoms with E-state index in [1.807, 2.05) is 56.0 Å². The molecule has 1 fully saturated rings. The Morgan fingerprint density at radius 2 is 1.77 bits per heavy atom. The quantitative estimate of drug-likeness (QED) is 0.612. The standard InChI is InChI=1S/C18H27NO3/c1-18(2,3)22-21-16(15-10-6-4-7-11-15)14-17(20)19-12-8-5-9-13-19/h4,6-7,10-11,16H,5,8-9,12-14H2,1-3H3. The Bertz CT molecular complexity index is 461. The van der Waals surface area contributed by atoms with Crippen LogP contribution in [0.25, 0.3) is 0 Å². The number of amides is 1. The lowest BCUT2D eigenvalue weighted by Crippen LogP contribution is -2.36. The molecule has 4 heteroatoms. The summed E-state index contributed by atoms with van der Waals surface area (Å²) in [5.41, 5.74) is 0.568. The van der Waals surface area contributed by atoms with E-state index in [1.54, 1.807) is 0 Å². The summed E-state index contributed by atoms with van der Waals surface area (Å²) in [6.07, 6.45) is 3.37. The summed E-state index contributed by atoms with van der Waals surface area (Å²) in [6.45, 7) is 7.52. The molecule has 1 aromatic rings. The van der Waals surface area contributed by atoms with Gasteiger partial charge in [-0.2, -0.15) is 0 Å². The van der Waals surface area contributed by atoms with Crippen molar-refractivity contribution < 1.29 is 14.6 Å². The molecule has 4 nitrogen and oxygen atoms in total. The monoisotopic (exact) mass is 305 g/mol. The summed E-state index contributed by atoms with van der Waals surface area (Å²) in [7, 11) is 0. The van der Waals surface area contributed by atoms with Gasteiger partial charge in [0.1, 0.15) is 6.10 Å². The Morgan fingerprint density at radius 3 is 2.36 bits per heavy atom. The maximum absolute atomic E-state index is 12.5. The molecule has 0 N–H and O–H groups in total. The van der Waals surface area contributed by atoms with E-state index < -0.39 is 5.60 Å². The molecule has 0 spiro atoms. The summed E-state index contributed by atoms with van der Waals surface area (Å²) in [5, 5.41) is 0. The van der Waals surface area contributed by atoms with Crippen LogP contribution in [-0.4, -0.2) is 29.5 Å². The van der Waals surface area contributed by atoms with Gasteiger partial charge in [-0.3, -0.25) is 4.79 Å². The third-order valence-corrected chi connectivity index (χ3v) is 3.65. The lowest BCUT2D eigenvalue weighted by molar-refractivity contribution is -0.375. The molecule has 0 saturated carbocycles. The highest BCUT2D eigenvalue weighted by Crippen LogP contribution is 2.25. The Labute approximate surface area is 133 Å². The highest BCUT2D eigenvalue weighted by Gasteiger charge is 2.25. The second kappa shape index (κ2) is 7.75. The van der Waals surface area contributed by atoms with Crippen LogP contribution in [-0.2, 0) is 14.6 Å². The number of rotatable bonds is 5. The number of carbonyl (C=O) groups is 1. The molecular weight excluding hydrogens is 278 g/mol. The average molecular weight is 305 g/mol. The highest BCUT2D eigenvalue weighted by atomic mass is 17.2. The topological polar surface area (TPSA) is 38.8 Å². The van der Waals surface area contributed by atoms with Gasteiger partial charge in [-0.25, -0.2) is 9.78 Å². The fraction of sp³-hybridized carbons (Fsp3) is 0.611. The van der Waals surface area contributed by atoms with Crippen molar-refractivity contribution in [2.24, 2.45) is 0 Å². The van der Waals surface area contributed by atoms with Gasteiger partial charge in [0, 0.05) is 13.1 Å². The molecule has 122 valence electrons. The average Bonchev–Trinajstić information content (AvgIpc) is 2.52. The van der Waals surface area contributed by atoms with E-state index in [9.17, 15) is 4.79 Å². The van der Waals surface area contributed by atoms with Crippen molar-refractivity contribution in [2.75, 3.05) is 13.1 Å². The van der Waals surface area contributed by atoms with Gasteiger partial charge in [0.15, 0.2) is 0 Å². The molecule has 0 aromatic heterocycles. The molecule has 1 aliphatic rings. The van der Waals surface area contributed by atoms with Crippen molar-refractivity contribution in [2.45, 2.75) is 58.2 Å². The van der Waals surface area contributed by atoms with Gasteiger partial charge in [-0.15, -0.1) is 0 Å². The minimum atomic E-state index is -0.402. The van der Waals surface area contributed by atoms with Crippen LogP contribution in [0.2, 0.25) is 0 Å². The van der Waals surface area contributed by atoms with Crippen molar-refractivity contribution in [3.63, 3.8) is 0 Å². The smallest absolute Gasteiger partial charge is 0.225 e. The largest absolute Gasteiger partial charge is 0.343 e. The van der Waals surface area contributed by atoms with Gasteiger partial charge in [0.05, 0.1) is 12.0 Å². The van der Waals surface area contributed by atoms with E-state index in [0.717, 1.165) is 31.5 Å². The molecule has 0 aliphatic carbocycles. The number of likely N-dealkylation sites (tertiary alicyclic amines) is 1.